The van der Waals surface area contributed by atoms with Crippen molar-refractivity contribution in [3.05, 3.63) is 23.1 Å². The standard InChI is InChI=1S/C9H13ClO2/c1-9(2,3)7(11)6-4-5-12-8(6)10/h4-5,7,11H,1-3H3. The number of aliphatic hydroxyl groups excluding tert-OH is 1. The number of hydrogen-bond acceptors (Lipinski definition) is 2. The van der Waals surface area contributed by atoms with Crippen LogP contribution >= 0.6 is 11.6 Å². The van der Waals surface area contributed by atoms with Crippen LogP contribution in [0.2, 0.25) is 5.22 Å². The largest absolute Gasteiger partial charge is 0.453 e. The van der Waals surface area contributed by atoms with Crippen LogP contribution in [0.3, 0.4) is 0 Å². The fourth-order valence-corrected chi connectivity index (χ4v) is 1.18. The molecule has 0 aliphatic carbocycles. The first-order valence-electron chi connectivity index (χ1n) is 3.84. The van der Waals surface area contributed by atoms with Crippen LogP contribution in [-0.2, 0) is 0 Å². The van der Waals surface area contributed by atoms with E-state index in [0.29, 0.717) is 5.56 Å². The van der Waals surface area contributed by atoms with Crippen LogP contribution < -0.4 is 0 Å². The molecule has 0 amide bonds. The van der Waals surface area contributed by atoms with Crippen LogP contribution in [0.15, 0.2) is 16.7 Å². The minimum atomic E-state index is -0.580. The smallest absolute Gasteiger partial charge is 0.198 e. The molecular weight excluding hydrogens is 176 g/mol. The lowest BCUT2D eigenvalue weighted by molar-refractivity contribution is 0.0622. The molecule has 1 atom stereocenters. The molecular formula is C9H13ClO2. The molecule has 1 aromatic heterocycles. The highest BCUT2D eigenvalue weighted by molar-refractivity contribution is 6.29. The monoisotopic (exact) mass is 188 g/mol. The molecule has 0 fully saturated rings. The Kier molecular flexibility index (Phi) is 2.49. The molecule has 1 unspecified atom stereocenters. The van der Waals surface area contributed by atoms with Crippen LogP contribution in [0.5, 0.6) is 0 Å². The summed E-state index contributed by atoms with van der Waals surface area (Å²) in [7, 11) is 0. The molecule has 1 N–H and O–H groups in total. The maximum Gasteiger partial charge on any atom is 0.198 e. The summed E-state index contributed by atoms with van der Waals surface area (Å²) in [6.45, 7) is 5.84. The zero-order valence-corrected chi connectivity index (χ0v) is 8.22. The maximum atomic E-state index is 9.78. The molecule has 1 heterocycles. The zero-order valence-electron chi connectivity index (χ0n) is 7.47. The Morgan fingerprint density at radius 1 is 1.50 bits per heavy atom. The van der Waals surface area contributed by atoms with Gasteiger partial charge in [0.15, 0.2) is 5.22 Å². The second-order valence-electron chi connectivity index (χ2n) is 3.92. The van der Waals surface area contributed by atoms with Crippen molar-refractivity contribution in [3.8, 4) is 0 Å². The average molecular weight is 189 g/mol. The molecule has 0 saturated heterocycles. The molecule has 0 aliphatic rings. The molecule has 1 aromatic rings. The Labute approximate surface area is 77.1 Å². The van der Waals surface area contributed by atoms with Crippen LogP contribution in [0.1, 0.15) is 32.4 Å². The van der Waals surface area contributed by atoms with E-state index in [0.717, 1.165) is 0 Å². The summed E-state index contributed by atoms with van der Waals surface area (Å²) < 4.78 is 4.89. The van der Waals surface area contributed by atoms with Crippen LogP contribution in [0.25, 0.3) is 0 Å². The fourth-order valence-electron chi connectivity index (χ4n) is 0.966. The van der Waals surface area contributed by atoms with Crippen LogP contribution in [-0.4, -0.2) is 5.11 Å². The molecule has 0 spiro atoms. The van der Waals surface area contributed by atoms with Gasteiger partial charge < -0.3 is 9.52 Å². The molecule has 12 heavy (non-hydrogen) atoms. The normalized spacial score (nSPS) is 14.8. The molecule has 68 valence electrons. The van der Waals surface area contributed by atoms with Crippen molar-refractivity contribution in [1.82, 2.24) is 0 Å². The molecule has 2 nitrogen and oxygen atoms in total. The molecule has 0 radical (unpaired) electrons. The summed E-state index contributed by atoms with van der Waals surface area (Å²) in [5.41, 5.74) is 0.442. The van der Waals surface area contributed by atoms with Gasteiger partial charge in [-0.15, -0.1) is 0 Å². The van der Waals surface area contributed by atoms with Crippen molar-refractivity contribution in [2.24, 2.45) is 5.41 Å². The van der Waals surface area contributed by atoms with Gasteiger partial charge in [0.1, 0.15) is 0 Å². The number of rotatable bonds is 1. The molecule has 3 heteroatoms. The lowest BCUT2D eigenvalue weighted by Crippen LogP contribution is -2.17. The van der Waals surface area contributed by atoms with E-state index >= 15 is 0 Å². The van der Waals surface area contributed by atoms with Crippen molar-refractivity contribution >= 4 is 11.6 Å². The Hall–Kier alpha value is -0.470. The second kappa shape index (κ2) is 3.11. The van der Waals surface area contributed by atoms with Gasteiger partial charge in [-0.2, -0.15) is 0 Å². The van der Waals surface area contributed by atoms with Gasteiger partial charge in [0, 0.05) is 5.56 Å². The summed E-state index contributed by atoms with van der Waals surface area (Å²) >= 11 is 5.71. The minimum Gasteiger partial charge on any atom is -0.453 e. The van der Waals surface area contributed by atoms with Gasteiger partial charge in [-0.1, -0.05) is 20.8 Å². The van der Waals surface area contributed by atoms with Crippen molar-refractivity contribution < 1.29 is 9.52 Å². The highest BCUT2D eigenvalue weighted by Gasteiger charge is 2.26. The Morgan fingerprint density at radius 2 is 2.08 bits per heavy atom. The topological polar surface area (TPSA) is 33.4 Å². The quantitative estimate of drug-likeness (QED) is 0.735. The lowest BCUT2D eigenvalue weighted by atomic mass is 9.86. The number of aliphatic hydroxyl groups is 1. The zero-order chi connectivity index (χ0) is 9.35. The number of halogens is 1. The molecule has 1 rings (SSSR count). The number of hydrogen-bond donors (Lipinski definition) is 1. The molecule has 0 saturated carbocycles. The van der Waals surface area contributed by atoms with Gasteiger partial charge in [-0.25, -0.2) is 0 Å². The van der Waals surface area contributed by atoms with Crippen molar-refractivity contribution in [1.29, 1.82) is 0 Å². The first-order valence-corrected chi connectivity index (χ1v) is 4.21. The van der Waals surface area contributed by atoms with E-state index in [9.17, 15) is 5.11 Å². The van der Waals surface area contributed by atoms with Gasteiger partial charge in [0.2, 0.25) is 0 Å². The second-order valence-corrected chi connectivity index (χ2v) is 4.26. The van der Waals surface area contributed by atoms with E-state index in [2.05, 4.69) is 0 Å². The van der Waals surface area contributed by atoms with Gasteiger partial charge in [-0.3, -0.25) is 0 Å². The highest BCUT2D eigenvalue weighted by Crippen LogP contribution is 2.36. The predicted molar refractivity (Wildman–Crippen MR) is 48.1 cm³/mol. The summed E-state index contributed by atoms with van der Waals surface area (Å²) in [5.74, 6) is 0. The van der Waals surface area contributed by atoms with E-state index in [-0.39, 0.29) is 10.6 Å². The van der Waals surface area contributed by atoms with Crippen LogP contribution in [0, 0.1) is 5.41 Å². The van der Waals surface area contributed by atoms with Gasteiger partial charge in [-0.05, 0) is 23.1 Å². The number of furan rings is 1. The Bertz CT molecular complexity index is 260. The third-order valence-electron chi connectivity index (χ3n) is 1.76. The van der Waals surface area contributed by atoms with Gasteiger partial charge in [0.25, 0.3) is 0 Å². The van der Waals surface area contributed by atoms with E-state index in [4.69, 9.17) is 16.0 Å². The third-order valence-corrected chi connectivity index (χ3v) is 2.07. The first kappa shape index (κ1) is 9.62. The molecule has 0 aromatic carbocycles. The van der Waals surface area contributed by atoms with Crippen molar-refractivity contribution in [3.63, 3.8) is 0 Å². The minimum absolute atomic E-state index is 0.215. The van der Waals surface area contributed by atoms with Gasteiger partial charge in [0.05, 0.1) is 12.4 Å². The van der Waals surface area contributed by atoms with Crippen LogP contribution in [0.4, 0.5) is 0 Å². The maximum absolute atomic E-state index is 9.78. The first-order chi connectivity index (χ1) is 5.43. The predicted octanol–water partition coefficient (Wildman–Crippen LogP) is 3.01. The summed E-state index contributed by atoms with van der Waals surface area (Å²) in [4.78, 5) is 0. The third kappa shape index (κ3) is 1.82. The Morgan fingerprint density at radius 3 is 2.42 bits per heavy atom. The average Bonchev–Trinajstić information content (AvgIpc) is 2.31. The fraction of sp³-hybridized carbons (Fsp3) is 0.556. The molecule has 0 aliphatic heterocycles. The summed E-state index contributed by atoms with van der Waals surface area (Å²) in [5, 5.41) is 10.1. The lowest BCUT2D eigenvalue weighted by Gasteiger charge is -2.24. The molecule has 0 bridgehead atoms. The Balaban J connectivity index is 2.92. The highest BCUT2D eigenvalue weighted by atomic mass is 35.5. The summed E-state index contributed by atoms with van der Waals surface area (Å²) in [6, 6.07) is 1.69. The van der Waals surface area contributed by atoms with E-state index < -0.39 is 6.10 Å². The van der Waals surface area contributed by atoms with Crippen molar-refractivity contribution in [2.75, 3.05) is 0 Å². The van der Waals surface area contributed by atoms with E-state index in [1.54, 1.807) is 6.07 Å². The van der Waals surface area contributed by atoms with E-state index in [1.165, 1.54) is 6.26 Å². The van der Waals surface area contributed by atoms with Crippen molar-refractivity contribution in [2.45, 2.75) is 26.9 Å². The van der Waals surface area contributed by atoms with Gasteiger partial charge >= 0.3 is 0 Å². The van der Waals surface area contributed by atoms with E-state index in [1.807, 2.05) is 20.8 Å². The summed E-state index contributed by atoms with van der Waals surface area (Å²) in [6.07, 6.45) is 0.899. The SMILES string of the molecule is CC(C)(C)C(O)c1ccoc1Cl.